The molecule has 1 aliphatic rings. The first kappa shape index (κ1) is 18.2. The van der Waals surface area contributed by atoms with Gasteiger partial charge in [0.1, 0.15) is 5.82 Å². The lowest BCUT2D eigenvalue weighted by molar-refractivity contribution is -0.115. The van der Waals surface area contributed by atoms with Gasteiger partial charge in [-0.25, -0.2) is 4.98 Å². The van der Waals surface area contributed by atoms with Crippen LogP contribution in [0.25, 0.3) is 11.1 Å². The molecule has 28 heavy (non-hydrogen) atoms. The maximum absolute atomic E-state index is 12.4. The van der Waals surface area contributed by atoms with Crippen LogP contribution in [0.15, 0.2) is 72.9 Å². The van der Waals surface area contributed by atoms with Crippen molar-refractivity contribution in [2.24, 2.45) is 0 Å². The number of nitrogens with one attached hydrogen (secondary N) is 1. The number of rotatable bonds is 5. The molecule has 2 heterocycles. The van der Waals surface area contributed by atoms with Crippen LogP contribution in [-0.4, -0.2) is 37.2 Å². The molecular weight excluding hydrogens is 350 g/mol. The van der Waals surface area contributed by atoms with E-state index in [0.717, 1.165) is 43.2 Å². The Morgan fingerprint density at radius 3 is 2.32 bits per heavy atom. The highest BCUT2D eigenvalue weighted by Crippen LogP contribution is 2.20. The molecule has 1 amide bonds. The zero-order valence-corrected chi connectivity index (χ0v) is 15.7. The minimum Gasteiger partial charge on any atom is -0.378 e. The molecule has 1 fully saturated rings. The number of amides is 1. The fraction of sp³-hybridized carbons (Fsp3) is 0.217. The number of carbonyl (C=O) groups excluding carboxylic acids is 1. The van der Waals surface area contributed by atoms with Crippen molar-refractivity contribution in [2.75, 3.05) is 36.5 Å². The number of aromatic nitrogens is 1. The molecule has 0 spiro atoms. The molecule has 1 saturated heterocycles. The maximum atomic E-state index is 12.4. The minimum atomic E-state index is -0.0478. The summed E-state index contributed by atoms with van der Waals surface area (Å²) in [5.41, 5.74) is 4.01. The van der Waals surface area contributed by atoms with Crippen LogP contribution in [0.2, 0.25) is 0 Å². The molecule has 5 heteroatoms. The van der Waals surface area contributed by atoms with E-state index in [1.54, 1.807) is 6.20 Å². The van der Waals surface area contributed by atoms with Crippen molar-refractivity contribution in [3.63, 3.8) is 0 Å². The third-order valence-electron chi connectivity index (χ3n) is 4.79. The van der Waals surface area contributed by atoms with Crippen LogP contribution in [0.5, 0.6) is 0 Å². The SMILES string of the molecule is O=C(Cc1ccc(-c2ccccc2)cc1)Nc1ccc(N2CCOCC2)nc1. The summed E-state index contributed by atoms with van der Waals surface area (Å²) >= 11 is 0. The van der Waals surface area contributed by atoms with Gasteiger partial charge >= 0.3 is 0 Å². The molecular formula is C23H23N3O2. The summed E-state index contributed by atoms with van der Waals surface area (Å²) in [7, 11) is 0. The van der Waals surface area contributed by atoms with Crippen LogP contribution in [0.1, 0.15) is 5.56 Å². The van der Waals surface area contributed by atoms with Gasteiger partial charge < -0.3 is 15.0 Å². The Morgan fingerprint density at radius 2 is 1.64 bits per heavy atom. The van der Waals surface area contributed by atoms with E-state index < -0.39 is 0 Å². The van der Waals surface area contributed by atoms with Gasteiger partial charge in [-0.2, -0.15) is 0 Å². The lowest BCUT2D eigenvalue weighted by Gasteiger charge is -2.27. The molecule has 1 aliphatic heterocycles. The second-order valence-corrected chi connectivity index (χ2v) is 6.79. The molecule has 1 N–H and O–H groups in total. The highest BCUT2D eigenvalue weighted by atomic mass is 16.5. The predicted octanol–water partition coefficient (Wildman–Crippen LogP) is 3.77. The highest BCUT2D eigenvalue weighted by Gasteiger charge is 2.12. The van der Waals surface area contributed by atoms with E-state index >= 15 is 0 Å². The van der Waals surface area contributed by atoms with Crippen molar-refractivity contribution >= 4 is 17.4 Å². The quantitative estimate of drug-likeness (QED) is 0.740. The molecule has 0 radical (unpaired) electrons. The molecule has 3 aromatic rings. The summed E-state index contributed by atoms with van der Waals surface area (Å²) < 4.78 is 5.36. The topological polar surface area (TPSA) is 54.5 Å². The Labute approximate surface area is 165 Å². The van der Waals surface area contributed by atoms with Gasteiger partial charge in [-0.15, -0.1) is 0 Å². The van der Waals surface area contributed by atoms with E-state index in [4.69, 9.17) is 4.74 Å². The van der Waals surface area contributed by atoms with Gasteiger partial charge in [-0.1, -0.05) is 54.6 Å². The first-order chi connectivity index (χ1) is 13.8. The smallest absolute Gasteiger partial charge is 0.228 e. The van der Waals surface area contributed by atoms with E-state index in [2.05, 4.69) is 39.5 Å². The number of hydrogen-bond acceptors (Lipinski definition) is 4. The number of morpholine rings is 1. The maximum Gasteiger partial charge on any atom is 0.228 e. The Balaban J connectivity index is 1.34. The number of ether oxygens (including phenoxy) is 1. The normalized spacial score (nSPS) is 13.9. The Morgan fingerprint density at radius 1 is 0.929 bits per heavy atom. The van der Waals surface area contributed by atoms with Crippen LogP contribution in [0, 0.1) is 0 Å². The van der Waals surface area contributed by atoms with Crippen molar-refractivity contribution in [2.45, 2.75) is 6.42 Å². The third kappa shape index (κ3) is 4.56. The molecule has 1 aromatic heterocycles. The number of pyridine rings is 1. The summed E-state index contributed by atoms with van der Waals surface area (Å²) in [5.74, 6) is 0.867. The molecule has 0 atom stereocenters. The molecule has 0 saturated carbocycles. The zero-order chi connectivity index (χ0) is 19.2. The van der Waals surface area contributed by atoms with E-state index in [0.29, 0.717) is 12.1 Å². The highest BCUT2D eigenvalue weighted by molar-refractivity contribution is 5.92. The Bertz CT molecular complexity index is 903. The van der Waals surface area contributed by atoms with E-state index in [9.17, 15) is 4.79 Å². The summed E-state index contributed by atoms with van der Waals surface area (Å²) in [6, 6.07) is 22.2. The number of hydrogen-bond donors (Lipinski definition) is 1. The second-order valence-electron chi connectivity index (χ2n) is 6.79. The second kappa shape index (κ2) is 8.67. The summed E-state index contributed by atoms with van der Waals surface area (Å²) in [6.07, 6.45) is 2.04. The van der Waals surface area contributed by atoms with Crippen molar-refractivity contribution in [3.05, 3.63) is 78.5 Å². The number of nitrogens with zero attached hydrogens (tertiary/aromatic N) is 2. The molecule has 2 aromatic carbocycles. The first-order valence-corrected chi connectivity index (χ1v) is 9.51. The molecule has 0 bridgehead atoms. The Hall–Kier alpha value is -3.18. The minimum absolute atomic E-state index is 0.0478. The molecule has 0 aliphatic carbocycles. The fourth-order valence-corrected chi connectivity index (χ4v) is 3.28. The number of anilines is 2. The van der Waals surface area contributed by atoms with Crippen LogP contribution < -0.4 is 10.2 Å². The van der Waals surface area contributed by atoms with Crippen LogP contribution in [0.3, 0.4) is 0 Å². The molecule has 5 nitrogen and oxygen atoms in total. The molecule has 0 unspecified atom stereocenters. The zero-order valence-electron chi connectivity index (χ0n) is 15.7. The van der Waals surface area contributed by atoms with E-state index in [1.807, 2.05) is 42.5 Å². The lowest BCUT2D eigenvalue weighted by Crippen LogP contribution is -2.36. The summed E-state index contributed by atoms with van der Waals surface area (Å²) in [6.45, 7) is 3.14. The van der Waals surface area contributed by atoms with Gasteiger partial charge in [0.15, 0.2) is 0 Å². The van der Waals surface area contributed by atoms with Gasteiger partial charge in [0.2, 0.25) is 5.91 Å². The van der Waals surface area contributed by atoms with Crippen LogP contribution in [-0.2, 0) is 16.0 Å². The van der Waals surface area contributed by atoms with E-state index in [-0.39, 0.29) is 5.91 Å². The Kier molecular flexibility index (Phi) is 5.64. The number of carbonyl (C=O) groups is 1. The summed E-state index contributed by atoms with van der Waals surface area (Å²) in [5, 5.41) is 2.92. The molecule has 4 rings (SSSR count). The summed E-state index contributed by atoms with van der Waals surface area (Å²) in [4.78, 5) is 19.0. The fourth-order valence-electron chi connectivity index (χ4n) is 3.28. The predicted molar refractivity (Wildman–Crippen MR) is 111 cm³/mol. The average molecular weight is 373 g/mol. The van der Waals surface area contributed by atoms with Crippen molar-refractivity contribution in [1.82, 2.24) is 4.98 Å². The monoisotopic (exact) mass is 373 g/mol. The van der Waals surface area contributed by atoms with Crippen molar-refractivity contribution in [1.29, 1.82) is 0 Å². The largest absolute Gasteiger partial charge is 0.378 e. The number of benzene rings is 2. The standard InChI is InChI=1S/C23H23N3O2/c27-23(16-18-6-8-20(9-7-18)19-4-2-1-3-5-19)25-21-10-11-22(24-17-21)26-12-14-28-15-13-26/h1-11,17H,12-16H2,(H,25,27). The van der Waals surface area contributed by atoms with Gasteiger partial charge in [0, 0.05) is 13.1 Å². The van der Waals surface area contributed by atoms with Crippen LogP contribution in [0.4, 0.5) is 11.5 Å². The average Bonchev–Trinajstić information content (AvgIpc) is 2.76. The van der Waals surface area contributed by atoms with Crippen LogP contribution >= 0.6 is 0 Å². The first-order valence-electron chi connectivity index (χ1n) is 9.51. The van der Waals surface area contributed by atoms with Gasteiger partial charge in [-0.3, -0.25) is 4.79 Å². The van der Waals surface area contributed by atoms with Gasteiger partial charge in [0.05, 0.1) is 31.5 Å². The lowest BCUT2D eigenvalue weighted by atomic mass is 10.0. The van der Waals surface area contributed by atoms with E-state index in [1.165, 1.54) is 5.56 Å². The van der Waals surface area contributed by atoms with Gasteiger partial charge in [-0.05, 0) is 28.8 Å². The third-order valence-corrected chi connectivity index (χ3v) is 4.79. The van der Waals surface area contributed by atoms with Crippen molar-refractivity contribution < 1.29 is 9.53 Å². The van der Waals surface area contributed by atoms with Crippen molar-refractivity contribution in [3.8, 4) is 11.1 Å². The molecule has 142 valence electrons. The van der Waals surface area contributed by atoms with Gasteiger partial charge in [0.25, 0.3) is 0 Å².